The van der Waals surface area contributed by atoms with Crippen molar-refractivity contribution in [2.24, 2.45) is 5.92 Å². The third-order valence-electron chi connectivity index (χ3n) is 2.16. The Morgan fingerprint density at radius 3 is 2.08 bits per heavy atom. The quantitative estimate of drug-likeness (QED) is 0.729. The molecule has 1 rings (SSSR count). The van der Waals surface area contributed by atoms with Gasteiger partial charge in [0.2, 0.25) is 0 Å². The van der Waals surface area contributed by atoms with Gasteiger partial charge < -0.3 is 10.2 Å². The zero-order valence-corrected chi connectivity index (χ0v) is 7.90. The first-order valence-corrected chi connectivity index (χ1v) is 4.53. The first kappa shape index (κ1) is 10.2. The fraction of sp³-hybridized carbons (Fsp3) is 0.455. The predicted molar refractivity (Wildman–Crippen MR) is 52.5 cm³/mol. The van der Waals surface area contributed by atoms with Crippen molar-refractivity contribution in [3.63, 3.8) is 0 Å². The van der Waals surface area contributed by atoms with Gasteiger partial charge in [0.25, 0.3) is 0 Å². The van der Waals surface area contributed by atoms with Crippen LogP contribution in [0.25, 0.3) is 0 Å². The van der Waals surface area contributed by atoms with E-state index in [-0.39, 0.29) is 19.1 Å². The van der Waals surface area contributed by atoms with E-state index >= 15 is 0 Å². The van der Waals surface area contributed by atoms with Gasteiger partial charge in [0.15, 0.2) is 0 Å². The maximum Gasteiger partial charge on any atom is 0.0484 e. The molecule has 0 atom stereocenters. The van der Waals surface area contributed by atoms with Crippen molar-refractivity contribution >= 4 is 0 Å². The second kappa shape index (κ2) is 5.00. The zero-order chi connectivity index (χ0) is 9.68. The van der Waals surface area contributed by atoms with Crippen molar-refractivity contribution < 1.29 is 10.2 Å². The lowest BCUT2D eigenvalue weighted by atomic mass is 10.0. The van der Waals surface area contributed by atoms with Gasteiger partial charge in [0.1, 0.15) is 0 Å². The van der Waals surface area contributed by atoms with E-state index in [0.29, 0.717) is 0 Å². The molecule has 0 aromatic heterocycles. The summed E-state index contributed by atoms with van der Waals surface area (Å²) < 4.78 is 0. The van der Waals surface area contributed by atoms with Crippen LogP contribution in [0.1, 0.15) is 11.1 Å². The van der Waals surface area contributed by atoms with Gasteiger partial charge >= 0.3 is 0 Å². The second-order valence-electron chi connectivity index (χ2n) is 3.42. The monoisotopic (exact) mass is 180 g/mol. The Morgan fingerprint density at radius 2 is 1.62 bits per heavy atom. The molecule has 2 nitrogen and oxygen atoms in total. The molecule has 0 aliphatic carbocycles. The van der Waals surface area contributed by atoms with Crippen LogP contribution in [0.3, 0.4) is 0 Å². The molecule has 0 unspecified atom stereocenters. The summed E-state index contributed by atoms with van der Waals surface area (Å²) in [5.74, 6) is -0.0253. The molecule has 0 heterocycles. The minimum atomic E-state index is -0.0253. The normalized spacial score (nSPS) is 10.8. The van der Waals surface area contributed by atoms with E-state index < -0.39 is 0 Å². The molecule has 72 valence electrons. The van der Waals surface area contributed by atoms with Crippen molar-refractivity contribution in [1.82, 2.24) is 0 Å². The number of rotatable bonds is 4. The summed E-state index contributed by atoms with van der Waals surface area (Å²) in [5.41, 5.74) is 2.40. The van der Waals surface area contributed by atoms with Crippen LogP contribution in [0.2, 0.25) is 0 Å². The van der Waals surface area contributed by atoms with Gasteiger partial charge in [-0.2, -0.15) is 0 Å². The summed E-state index contributed by atoms with van der Waals surface area (Å²) in [5, 5.41) is 17.8. The number of aliphatic hydroxyl groups excluding tert-OH is 2. The van der Waals surface area contributed by atoms with Gasteiger partial charge in [-0.25, -0.2) is 0 Å². The number of hydrogen-bond donors (Lipinski definition) is 2. The summed E-state index contributed by atoms with van der Waals surface area (Å²) in [4.78, 5) is 0. The smallest absolute Gasteiger partial charge is 0.0484 e. The summed E-state index contributed by atoms with van der Waals surface area (Å²) in [6.45, 7) is 2.13. The van der Waals surface area contributed by atoms with Crippen LogP contribution in [-0.4, -0.2) is 23.4 Å². The fourth-order valence-electron chi connectivity index (χ4n) is 1.24. The number of aryl methyl sites for hydroxylation is 1. The molecule has 0 bridgehead atoms. The molecule has 0 fully saturated rings. The van der Waals surface area contributed by atoms with Crippen LogP contribution in [-0.2, 0) is 6.42 Å². The van der Waals surface area contributed by atoms with E-state index in [1.807, 2.05) is 31.2 Å². The zero-order valence-electron chi connectivity index (χ0n) is 7.90. The van der Waals surface area contributed by atoms with Crippen molar-refractivity contribution in [2.75, 3.05) is 13.2 Å². The van der Waals surface area contributed by atoms with Crippen LogP contribution in [0.4, 0.5) is 0 Å². The minimum Gasteiger partial charge on any atom is -0.396 e. The lowest BCUT2D eigenvalue weighted by Crippen LogP contribution is -2.13. The standard InChI is InChI=1S/C11H16O2/c1-9-2-4-10(5-3-9)6-11(7-12)8-13/h2-5,11-13H,6-8H2,1H3. The van der Waals surface area contributed by atoms with Gasteiger partial charge in [-0.3, -0.25) is 0 Å². The van der Waals surface area contributed by atoms with Crippen LogP contribution < -0.4 is 0 Å². The lowest BCUT2D eigenvalue weighted by Gasteiger charge is -2.10. The third-order valence-corrected chi connectivity index (χ3v) is 2.16. The Hall–Kier alpha value is -0.860. The molecule has 2 heteroatoms. The lowest BCUT2D eigenvalue weighted by molar-refractivity contribution is 0.150. The SMILES string of the molecule is Cc1ccc(CC(CO)CO)cc1. The first-order chi connectivity index (χ1) is 6.26. The van der Waals surface area contributed by atoms with E-state index in [0.717, 1.165) is 6.42 Å². The summed E-state index contributed by atoms with van der Waals surface area (Å²) in [7, 11) is 0. The molecule has 0 saturated heterocycles. The highest BCUT2D eigenvalue weighted by Gasteiger charge is 2.06. The Balaban J connectivity index is 2.58. The molecule has 0 amide bonds. The Labute approximate surface area is 78.8 Å². The highest BCUT2D eigenvalue weighted by Crippen LogP contribution is 2.09. The van der Waals surface area contributed by atoms with Gasteiger partial charge in [-0.05, 0) is 18.9 Å². The number of benzene rings is 1. The average molecular weight is 180 g/mol. The predicted octanol–water partition coefficient (Wildman–Crippen LogP) is 1.14. The molecule has 0 aliphatic rings. The van der Waals surface area contributed by atoms with E-state index in [1.165, 1.54) is 11.1 Å². The third kappa shape index (κ3) is 3.17. The molecular formula is C11H16O2. The average Bonchev–Trinajstić information content (AvgIpc) is 2.17. The molecular weight excluding hydrogens is 164 g/mol. The maximum absolute atomic E-state index is 8.88. The Kier molecular flexibility index (Phi) is 3.93. The second-order valence-corrected chi connectivity index (χ2v) is 3.42. The Bertz CT molecular complexity index is 237. The summed E-state index contributed by atoms with van der Waals surface area (Å²) in [6.07, 6.45) is 0.743. The van der Waals surface area contributed by atoms with Crippen molar-refractivity contribution in [1.29, 1.82) is 0 Å². The maximum atomic E-state index is 8.88. The summed E-state index contributed by atoms with van der Waals surface area (Å²) in [6, 6.07) is 8.16. The van der Waals surface area contributed by atoms with E-state index in [2.05, 4.69) is 0 Å². The minimum absolute atomic E-state index is 0.0253. The van der Waals surface area contributed by atoms with E-state index in [1.54, 1.807) is 0 Å². The fourth-order valence-corrected chi connectivity index (χ4v) is 1.24. The summed E-state index contributed by atoms with van der Waals surface area (Å²) >= 11 is 0. The molecule has 0 spiro atoms. The molecule has 0 saturated carbocycles. The van der Waals surface area contributed by atoms with Crippen molar-refractivity contribution in [3.8, 4) is 0 Å². The first-order valence-electron chi connectivity index (χ1n) is 4.53. The number of aliphatic hydroxyl groups is 2. The highest BCUT2D eigenvalue weighted by molar-refractivity contribution is 5.21. The van der Waals surface area contributed by atoms with E-state index in [9.17, 15) is 0 Å². The molecule has 0 aliphatic heterocycles. The number of hydrogen-bond acceptors (Lipinski definition) is 2. The van der Waals surface area contributed by atoms with Gasteiger partial charge in [0.05, 0.1) is 0 Å². The highest BCUT2D eigenvalue weighted by atomic mass is 16.3. The molecule has 13 heavy (non-hydrogen) atoms. The van der Waals surface area contributed by atoms with Crippen molar-refractivity contribution in [2.45, 2.75) is 13.3 Å². The van der Waals surface area contributed by atoms with Crippen LogP contribution in [0, 0.1) is 12.8 Å². The van der Waals surface area contributed by atoms with Gasteiger partial charge in [-0.15, -0.1) is 0 Å². The topological polar surface area (TPSA) is 40.5 Å². The van der Waals surface area contributed by atoms with Crippen LogP contribution >= 0.6 is 0 Å². The molecule has 2 N–H and O–H groups in total. The Morgan fingerprint density at radius 1 is 1.08 bits per heavy atom. The molecule has 1 aromatic rings. The van der Waals surface area contributed by atoms with E-state index in [4.69, 9.17) is 10.2 Å². The van der Waals surface area contributed by atoms with Crippen LogP contribution in [0.15, 0.2) is 24.3 Å². The van der Waals surface area contributed by atoms with Crippen molar-refractivity contribution in [3.05, 3.63) is 35.4 Å². The molecule has 1 aromatic carbocycles. The largest absolute Gasteiger partial charge is 0.396 e. The van der Waals surface area contributed by atoms with Gasteiger partial charge in [-0.1, -0.05) is 29.8 Å². The molecule has 0 radical (unpaired) electrons. The van der Waals surface area contributed by atoms with Crippen LogP contribution in [0.5, 0.6) is 0 Å². The van der Waals surface area contributed by atoms with Gasteiger partial charge in [0, 0.05) is 19.1 Å².